The molecule has 178 valence electrons. The van der Waals surface area contributed by atoms with E-state index in [4.69, 9.17) is 4.74 Å². The number of pyridine rings is 1. The van der Waals surface area contributed by atoms with Crippen LogP contribution in [0.1, 0.15) is 54.6 Å². The maximum Gasteiger partial charge on any atom is 0.261 e. The number of nitrogens with one attached hydrogen (secondary N) is 2. The number of sulfonamides is 1. The summed E-state index contributed by atoms with van der Waals surface area (Å²) in [5.74, 6) is 0.366. The molecule has 0 fully saturated rings. The van der Waals surface area contributed by atoms with Crippen LogP contribution in [0.15, 0.2) is 65.7 Å². The lowest BCUT2D eigenvalue weighted by Crippen LogP contribution is -2.32. The summed E-state index contributed by atoms with van der Waals surface area (Å²) in [4.78, 5) is 17.0. The van der Waals surface area contributed by atoms with E-state index in [1.54, 1.807) is 54.7 Å². The van der Waals surface area contributed by atoms with Crippen molar-refractivity contribution in [2.75, 3.05) is 4.72 Å². The quantitative estimate of drug-likeness (QED) is 0.469. The number of nitrogens with zero attached hydrogens (tertiary/aromatic N) is 1. The number of benzene rings is 2. The number of hydrogen-bond acceptors (Lipinski definition) is 5. The molecule has 1 aliphatic rings. The van der Waals surface area contributed by atoms with Crippen molar-refractivity contribution >= 4 is 21.6 Å². The van der Waals surface area contributed by atoms with Gasteiger partial charge in [0.25, 0.3) is 15.9 Å². The molecule has 4 rings (SSSR count). The number of carbonyl (C=O) groups excluding carboxylic acids is 1. The van der Waals surface area contributed by atoms with Gasteiger partial charge in [0.15, 0.2) is 0 Å². The first-order valence-electron chi connectivity index (χ1n) is 11.5. The number of hydrogen-bond donors (Lipinski definition) is 2. The van der Waals surface area contributed by atoms with Crippen LogP contribution in [0.3, 0.4) is 0 Å². The maximum absolute atomic E-state index is 12.9. The van der Waals surface area contributed by atoms with Crippen molar-refractivity contribution < 1.29 is 17.9 Å². The van der Waals surface area contributed by atoms with Crippen LogP contribution in [-0.2, 0) is 22.9 Å². The Morgan fingerprint density at radius 1 is 1.06 bits per heavy atom. The molecule has 8 heteroatoms. The van der Waals surface area contributed by atoms with Crippen LogP contribution in [0.5, 0.6) is 11.6 Å². The third-order valence-electron chi connectivity index (χ3n) is 5.96. The van der Waals surface area contributed by atoms with Crippen molar-refractivity contribution in [2.45, 2.75) is 56.9 Å². The van der Waals surface area contributed by atoms with Gasteiger partial charge in [0.05, 0.1) is 4.90 Å². The fourth-order valence-electron chi connectivity index (χ4n) is 3.84. The largest absolute Gasteiger partial charge is 0.438 e. The molecule has 34 heavy (non-hydrogen) atoms. The Hall–Kier alpha value is -3.39. The molecule has 3 aromatic rings. The predicted molar refractivity (Wildman–Crippen MR) is 132 cm³/mol. The maximum atomic E-state index is 12.9. The van der Waals surface area contributed by atoms with E-state index in [2.05, 4.69) is 15.0 Å². The summed E-state index contributed by atoms with van der Waals surface area (Å²) in [7, 11) is -3.71. The molecule has 1 amide bonds. The number of ether oxygens (including phenoxy) is 1. The normalized spacial score (nSPS) is 14.1. The number of anilines is 1. The SMILES string of the molecule is CCC(C)NC(=O)c1cccnc1Oc1ccc(NS(=O)(=O)c2ccc3c(c2)CCCC3)cc1. The van der Waals surface area contributed by atoms with Crippen molar-refractivity contribution in [3.8, 4) is 11.6 Å². The van der Waals surface area contributed by atoms with Crippen LogP contribution >= 0.6 is 0 Å². The lowest BCUT2D eigenvalue weighted by atomic mass is 9.92. The molecule has 1 aliphatic carbocycles. The average molecular weight is 480 g/mol. The first-order valence-corrected chi connectivity index (χ1v) is 13.0. The Labute approximate surface area is 200 Å². The van der Waals surface area contributed by atoms with Gasteiger partial charge in [-0.25, -0.2) is 13.4 Å². The van der Waals surface area contributed by atoms with Crippen molar-refractivity contribution in [3.63, 3.8) is 0 Å². The summed E-state index contributed by atoms with van der Waals surface area (Å²) < 4.78 is 34.3. The summed E-state index contributed by atoms with van der Waals surface area (Å²) in [5, 5.41) is 2.91. The van der Waals surface area contributed by atoms with Gasteiger partial charge in [-0.2, -0.15) is 0 Å². The van der Waals surface area contributed by atoms with Crippen LogP contribution in [0.2, 0.25) is 0 Å². The zero-order chi connectivity index (χ0) is 24.1. The number of amides is 1. The fraction of sp³-hybridized carbons (Fsp3) is 0.308. The molecule has 1 heterocycles. The van der Waals surface area contributed by atoms with Crippen molar-refractivity contribution in [1.82, 2.24) is 10.3 Å². The Morgan fingerprint density at radius 2 is 1.79 bits per heavy atom. The van der Waals surface area contributed by atoms with E-state index in [0.29, 0.717) is 17.0 Å². The zero-order valence-corrected chi connectivity index (χ0v) is 20.2. The summed E-state index contributed by atoms with van der Waals surface area (Å²) in [5.41, 5.74) is 3.10. The molecule has 1 atom stereocenters. The molecule has 0 aliphatic heterocycles. The highest BCUT2D eigenvalue weighted by atomic mass is 32.2. The molecular formula is C26H29N3O4S. The second kappa shape index (κ2) is 10.3. The van der Waals surface area contributed by atoms with Gasteiger partial charge in [0.1, 0.15) is 11.3 Å². The van der Waals surface area contributed by atoms with Crippen LogP contribution in [0, 0.1) is 0 Å². The van der Waals surface area contributed by atoms with Gasteiger partial charge in [-0.3, -0.25) is 9.52 Å². The average Bonchev–Trinajstić information content (AvgIpc) is 2.85. The Balaban J connectivity index is 1.47. The third-order valence-corrected chi connectivity index (χ3v) is 7.34. The number of aryl methyl sites for hydroxylation is 2. The topological polar surface area (TPSA) is 97.4 Å². The molecule has 0 radical (unpaired) electrons. The van der Waals surface area contributed by atoms with E-state index in [1.165, 1.54) is 5.56 Å². The Morgan fingerprint density at radius 3 is 2.53 bits per heavy atom. The lowest BCUT2D eigenvalue weighted by Gasteiger charge is -2.17. The van der Waals surface area contributed by atoms with Crippen LogP contribution in [0.25, 0.3) is 0 Å². The molecule has 0 spiro atoms. The van der Waals surface area contributed by atoms with E-state index in [0.717, 1.165) is 37.7 Å². The molecule has 2 N–H and O–H groups in total. The zero-order valence-electron chi connectivity index (χ0n) is 19.4. The van der Waals surface area contributed by atoms with Crippen LogP contribution in [-0.4, -0.2) is 25.4 Å². The van der Waals surface area contributed by atoms with Gasteiger partial charge >= 0.3 is 0 Å². The van der Waals surface area contributed by atoms with Crippen molar-refractivity contribution in [1.29, 1.82) is 0 Å². The molecule has 1 unspecified atom stereocenters. The van der Waals surface area contributed by atoms with Gasteiger partial charge in [0.2, 0.25) is 5.88 Å². The fourth-order valence-corrected chi connectivity index (χ4v) is 4.95. The highest BCUT2D eigenvalue weighted by Crippen LogP contribution is 2.27. The van der Waals surface area contributed by atoms with E-state index in [-0.39, 0.29) is 22.7 Å². The van der Waals surface area contributed by atoms with Gasteiger partial charge in [-0.1, -0.05) is 13.0 Å². The van der Waals surface area contributed by atoms with Gasteiger partial charge in [0, 0.05) is 17.9 Å². The molecule has 1 aromatic heterocycles. The number of rotatable bonds is 8. The molecule has 0 saturated heterocycles. The van der Waals surface area contributed by atoms with E-state index >= 15 is 0 Å². The van der Waals surface area contributed by atoms with Crippen LogP contribution < -0.4 is 14.8 Å². The molecule has 0 bridgehead atoms. The number of carbonyl (C=O) groups is 1. The van der Waals surface area contributed by atoms with Gasteiger partial charge < -0.3 is 10.1 Å². The second-order valence-corrected chi connectivity index (χ2v) is 10.2. The number of fused-ring (bicyclic) bond motifs is 1. The predicted octanol–water partition coefficient (Wildman–Crippen LogP) is 5.08. The lowest BCUT2D eigenvalue weighted by molar-refractivity contribution is 0.0936. The minimum atomic E-state index is -3.71. The molecule has 7 nitrogen and oxygen atoms in total. The highest BCUT2D eigenvalue weighted by Gasteiger charge is 2.19. The first-order chi connectivity index (χ1) is 16.4. The van der Waals surface area contributed by atoms with Gasteiger partial charge in [-0.15, -0.1) is 0 Å². The summed E-state index contributed by atoms with van der Waals surface area (Å²) >= 11 is 0. The minimum Gasteiger partial charge on any atom is -0.438 e. The van der Waals surface area contributed by atoms with Crippen LogP contribution in [0.4, 0.5) is 5.69 Å². The highest BCUT2D eigenvalue weighted by molar-refractivity contribution is 7.92. The smallest absolute Gasteiger partial charge is 0.261 e. The first kappa shape index (κ1) is 23.8. The second-order valence-electron chi connectivity index (χ2n) is 8.51. The Bertz CT molecular complexity index is 1270. The molecular weight excluding hydrogens is 450 g/mol. The standard InChI is InChI=1S/C26H29N3O4S/c1-3-18(2)28-25(30)24-9-6-16-27-26(24)33-22-13-11-21(12-14-22)29-34(31,32)23-15-10-19-7-4-5-8-20(19)17-23/h6,9-18,29H,3-5,7-8H2,1-2H3,(H,28,30). The van der Waals surface area contributed by atoms with E-state index in [9.17, 15) is 13.2 Å². The van der Waals surface area contributed by atoms with Crippen molar-refractivity contribution in [3.05, 3.63) is 77.5 Å². The molecule has 2 aromatic carbocycles. The van der Waals surface area contributed by atoms with Crippen molar-refractivity contribution in [2.24, 2.45) is 0 Å². The van der Waals surface area contributed by atoms with Gasteiger partial charge in [-0.05, 0) is 98.7 Å². The summed E-state index contributed by atoms with van der Waals surface area (Å²) in [6.07, 6.45) is 6.51. The summed E-state index contributed by atoms with van der Waals surface area (Å²) in [6, 6.07) is 15.2. The molecule has 0 saturated carbocycles. The Kier molecular flexibility index (Phi) is 7.17. The van der Waals surface area contributed by atoms with E-state index in [1.807, 2.05) is 19.9 Å². The third kappa shape index (κ3) is 5.56. The summed E-state index contributed by atoms with van der Waals surface area (Å²) in [6.45, 7) is 3.92. The minimum absolute atomic E-state index is 0.0305. The van der Waals surface area contributed by atoms with E-state index < -0.39 is 10.0 Å². The number of aromatic nitrogens is 1. The monoisotopic (exact) mass is 479 g/mol.